The van der Waals surface area contributed by atoms with Gasteiger partial charge in [-0.1, -0.05) is 6.07 Å². The Bertz CT molecular complexity index is 1260. The van der Waals surface area contributed by atoms with Gasteiger partial charge in [0.25, 0.3) is 0 Å². The average Bonchev–Trinajstić information content (AvgIpc) is 2.93. The molecular formula is C29H33N3O4S. The fourth-order valence-electron chi connectivity index (χ4n) is 5.12. The van der Waals surface area contributed by atoms with Crippen molar-refractivity contribution in [3.05, 3.63) is 65.9 Å². The number of thioether (sulfide) groups is 1. The molecular weight excluding hydrogens is 486 g/mol. The highest BCUT2D eigenvalue weighted by Crippen LogP contribution is 2.34. The van der Waals surface area contributed by atoms with Crippen LogP contribution in [0.25, 0.3) is 10.9 Å². The van der Waals surface area contributed by atoms with E-state index in [4.69, 9.17) is 10.00 Å². The van der Waals surface area contributed by atoms with Crippen LogP contribution in [0.4, 0.5) is 0 Å². The maximum Gasteiger partial charge on any atom is 0.308 e. The van der Waals surface area contributed by atoms with E-state index in [-0.39, 0.29) is 5.92 Å². The molecule has 0 saturated carbocycles. The first-order valence-electron chi connectivity index (χ1n) is 12.7. The summed E-state index contributed by atoms with van der Waals surface area (Å²) in [4.78, 5) is 19.8. The SMILES string of the molecule is COc1ccc2nccc([C@H](O)CC[C@@H]3CCN(CCCSc4cccc(C#N)c4)C[C@@H]3C(=O)O)c2c1. The van der Waals surface area contributed by atoms with Gasteiger partial charge in [0.15, 0.2) is 0 Å². The molecule has 3 aromatic rings. The van der Waals surface area contributed by atoms with Crippen LogP contribution in [0, 0.1) is 23.2 Å². The number of hydrogen-bond acceptors (Lipinski definition) is 7. The number of methoxy groups -OCH3 is 1. The lowest BCUT2D eigenvalue weighted by Gasteiger charge is -2.37. The van der Waals surface area contributed by atoms with Crippen molar-refractivity contribution >= 4 is 28.6 Å². The van der Waals surface area contributed by atoms with E-state index in [2.05, 4.69) is 16.0 Å². The number of rotatable bonds is 11. The maximum atomic E-state index is 12.1. The van der Waals surface area contributed by atoms with Crippen LogP contribution in [0.3, 0.4) is 0 Å². The number of ether oxygens (including phenoxy) is 1. The van der Waals surface area contributed by atoms with Crippen molar-refractivity contribution in [2.75, 3.05) is 32.5 Å². The minimum Gasteiger partial charge on any atom is -0.497 e. The zero-order valence-corrected chi connectivity index (χ0v) is 21.9. The van der Waals surface area contributed by atoms with Gasteiger partial charge in [-0.2, -0.15) is 5.26 Å². The van der Waals surface area contributed by atoms with Crippen molar-refractivity contribution in [3.63, 3.8) is 0 Å². The minimum absolute atomic E-state index is 0.0362. The fourth-order valence-corrected chi connectivity index (χ4v) is 6.02. The first kappa shape index (κ1) is 26.9. The second-order valence-electron chi connectivity index (χ2n) is 9.51. The highest BCUT2D eigenvalue weighted by molar-refractivity contribution is 7.99. The molecule has 194 valence electrons. The van der Waals surface area contributed by atoms with Gasteiger partial charge < -0.3 is 19.8 Å². The van der Waals surface area contributed by atoms with Gasteiger partial charge in [0, 0.05) is 23.0 Å². The molecule has 7 nitrogen and oxygen atoms in total. The molecule has 0 spiro atoms. The molecule has 8 heteroatoms. The number of carboxylic acid groups (broad SMARTS) is 1. The zero-order chi connectivity index (χ0) is 26.2. The second kappa shape index (κ2) is 12.9. The number of aliphatic carboxylic acids is 1. The van der Waals surface area contributed by atoms with E-state index in [1.54, 1.807) is 31.1 Å². The van der Waals surface area contributed by atoms with Crippen LogP contribution in [0.5, 0.6) is 5.75 Å². The van der Waals surface area contributed by atoms with E-state index < -0.39 is 18.0 Å². The van der Waals surface area contributed by atoms with Crippen LogP contribution >= 0.6 is 11.8 Å². The van der Waals surface area contributed by atoms with Crippen molar-refractivity contribution in [3.8, 4) is 11.8 Å². The van der Waals surface area contributed by atoms with Gasteiger partial charge in [-0.3, -0.25) is 9.78 Å². The summed E-state index contributed by atoms with van der Waals surface area (Å²) in [7, 11) is 1.61. The number of aliphatic hydroxyl groups is 1. The molecule has 1 saturated heterocycles. The number of pyridine rings is 1. The van der Waals surface area contributed by atoms with Crippen molar-refractivity contribution in [2.24, 2.45) is 11.8 Å². The van der Waals surface area contributed by atoms with Crippen LogP contribution in [0.2, 0.25) is 0 Å². The third-order valence-corrected chi connectivity index (χ3v) is 8.24. The Kier molecular flexibility index (Phi) is 9.40. The zero-order valence-electron chi connectivity index (χ0n) is 21.0. The number of benzene rings is 2. The lowest BCUT2D eigenvalue weighted by atomic mass is 9.81. The molecule has 0 radical (unpaired) electrons. The summed E-state index contributed by atoms with van der Waals surface area (Å²) >= 11 is 1.72. The van der Waals surface area contributed by atoms with Crippen molar-refractivity contribution in [2.45, 2.75) is 36.7 Å². The van der Waals surface area contributed by atoms with Crippen molar-refractivity contribution in [1.82, 2.24) is 9.88 Å². The largest absolute Gasteiger partial charge is 0.497 e. The number of aliphatic hydroxyl groups excluding tert-OH is 1. The molecule has 0 aliphatic carbocycles. The Morgan fingerprint density at radius 3 is 2.95 bits per heavy atom. The van der Waals surface area contributed by atoms with Crippen molar-refractivity contribution < 1.29 is 19.7 Å². The monoisotopic (exact) mass is 519 g/mol. The number of nitrogens with zero attached hydrogens (tertiary/aromatic N) is 3. The van der Waals surface area contributed by atoms with Gasteiger partial charge in [0.05, 0.1) is 36.3 Å². The first-order valence-corrected chi connectivity index (χ1v) is 13.7. The summed E-state index contributed by atoms with van der Waals surface area (Å²) in [5.74, 6) is 0.473. The molecule has 2 aromatic carbocycles. The van der Waals surface area contributed by atoms with Crippen LogP contribution < -0.4 is 4.74 Å². The van der Waals surface area contributed by atoms with E-state index in [1.165, 1.54) is 0 Å². The number of fused-ring (bicyclic) bond motifs is 1. The molecule has 0 unspecified atom stereocenters. The number of carboxylic acids is 1. The molecule has 1 aromatic heterocycles. The molecule has 3 atom stereocenters. The Morgan fingerprint density at radius 2 is 2.16 bits per heavy atom. The molecule has 4 rings (SSSR count). The van der Waals surface area contributed by atoms with Gasteiger partial charge in [-0.25, -0.2) is 0 Å². The van der Waals surface area contributed by atoms with E-state index in [0.29, 0.717) is 30.7 Å². The van der Waals surface area contributed by atoms with Gasteiger partial charge in [-0.05, 0) is 98.5 Å². The fraction of sp³-hybridized carbons (Fsp3) is 0.414. The predicted octanol–water partition coefficient (Wildman–Crippen LogP) is 5.13. The molecule has 2 heterocycles. The molecule has 1 aliphatic rings. The number of piperidine rings is 1. The molecule has 1 aliphatic heterocycles. The van der Waals surface area contributed by atoms with Crippen LogP contribution in [-0.2, 0) is 4.79 Å². The van der Waals surface area contributed by atoms with Crippen LogP contribution in [-0.4, -0.2) is 58.6 Å². The lowest BCUT2D eigenvalue weighted by Crippen LogP contribution is -2.44. The first-order chi connectivity index (χ1) is 18.0. The Balaban J connectivity index is 1.29. The number of likely N-dealkylation sites (tertiary alicyclic amines) is 1. The van der Waals surface area contributed by atoms with Gasteiger partial charge in [-0.15, -0.1) is 11.8 Å². The molecule has 2 N–H and O–H groups in total. The number of carbonyl (C=O) groups is 1. The normalized spacial score (nSPS) is 18.8. The maximum absolute atomic E-state index is 12.1. The van der Waals surface area contributed by atoms with Gasteiger partial charge >= 0.3 is 5.97 Å². The number of aromatic nitrogens is 1. The number of hydrogen-bond donors (Lipinski definition) is 2. The molecule has 0 amide bonds. The molecule has 1 fully saturated rings. The Morgan fingerprint density at radius 1 is 1.30 bits per heavy atom. The molecule has 0 bridgehead atoms. The van der Waals surface area contributed by atoms with Gasteiger partial charge in [0.1, 0.15) is 5.75 Å². The summed E-state index contributed by atoms with van der Waals surface area (Å²) in [5, 5.41) is 30.9. The van der Waals surface area contributed by atoms with Crippen molar-refractivity contribution in [1.29, 1.82) is 5.26 Å². The minimum atomic E-state index is -0.758. The second-order valence-corrected chi connectivity index (χ2v) is 10.7. The smallest absolute Gasteiger partial charge is 0.308 e. The Labute approximate surface area is 222 Å². The van der Waals surface area contributed by atoms with Crippen LogP contribution in [0.15, 0.2) is 59.6 Å². The number of nitriles is 1. The highest BCUT2D eigenvalue weighted by atomic mass is 32.2. The Hall–Kier alpha value is -3.12. The third kappa shape index (κ3) is 7.01. The standard InChI is InChI=1S/C29H33N3O4S/c1-36-22-7-8-27-25(17-22)24(10-12-31-27)28(33)9-6-21-11-14-32(19-26(21)29(34)35)13-3-15-37-23-5-2-4-20(16-23)18-30/h2,4-5,7-8,10,12,16-17,21,26,28,33H,3,6,9,11,13-15,19H2,1H3,(H,34,35)/t21-,26+,28-/m1/s1. The summed E-state index contributed by atoms with van der Waals surface area (Å²) < 4.78 is 5.34. The summed E-state index contributed by atoms with van der Waals surface area (Å²) in [6.07, 6.45) is 3.93. The predicted molar refractivity (Wildman–Crippen MR) is 145 cm³/mol. The van der Waals surface area contributed by atoms with E-state index in [9.17, 15) is 15.0 Å². The summed E-state index contributed by atoms with van der Waals surface area (Å²) in [5.41, 5.74) is 2.26. The average molecular weight is 520 g/mol. The van der Waals surface area contributed by atoms with E-state index in [1.807, 2.05) is 42.5 Å². The van der Waals surface area contributed by atoms with Crippen LogP contribution in [0.1, 0.15) is 42.9 Å². The molecule has 37 heavy (non-hydrogen) atoms. The third-order valence-electron chi connectivity index (χ3n) is 7.16. The summed E-state index contributed by atoms with van der Waals surface area (Å²) in [6.45, 7) is 2.27. The highest BCUT2D eigenvalue weighted by Gasteiger charge is 2.34. The lowest BCUT2D eigenvalue weighted by molar-refractivity contribution is -0.146. The van der Waals surface area contributed by atoms with E-state index >= 15 is 0 Å². The summed E-state index contributed by atoms with van der Waals surface area (Å²) in [6, 6.07) is 17.2. The topological polar surface area (TPSA) is 107 Å². The van der Waals surface area contributed by atoms with E-state index in [0.717, 1.165) is 53.0 Å². The van der Waals surface area contributed by atoms with Gasteiger partial charge in [0.2, 0.25) is 0 Å². The quantitative estimate of drug-likeness (QED) is 0.265.